The van der Waals surface area contributed by atoms with Crippen molar-refractivity contribution in [1.82, 2.24) is 0 Å². The van der Waals surface area contributed by atoms with Gasteiger partial charge in [0.1, 0.15) is 11.2 Å². The molecule has 0 amide bonds. The van der Waals surface area contributed by atoms with Crippen molar-refractivity contribution >= 4 is 60.5 Å². The van der Waals surface area contributed by atoms with E-state index in [1.165, 1.54) is 54.9 Å². The van der Waals surface area contributed by atoms with Crippen molar-refractivity contribution in [2.75, 3.05) is 4.90 Å². The van der Waals surface area contributed by atoms with E-state index < -0.39 is 0 Å². The lowest BCUT2D eigenvalue weighted by Gasteiger charge is -2.29. The van der Waals surface area contributed by atoms with Gasteiger partial charge in [-0.2, -0.15) is 0 Å². The molecule has 55 heavy (non-hydrogen) atoms. The van der Waals surface area contributed by atoms with E-state index in [1.807, 2.05) is 0 Å². The predicted molar refractivity (Wildman–Crippen MR) is 232 cm³/mol. The number of benzene rings is 9. The summed E-state index contributed by atoms with van der Waals surface area (Å²) in [5, 5.41) is 7.05. The van der Waals surface area contributed by atoms with Gasteiger partial charge in [0.25, 0.3) is 0 Å². The van der Waals surface area contributed by atoms with E-state index in [0.29, 0.717) is 0 Å². The maximum absolute atomic E-state index is 7.06. The molecule has 11 rings (SSSR count). The maximum atomic E-state index is 7.06. The monoisotopic (exact) mass is 703 g/mol. The molecule has 0 saturated heterocycles. The number of para-hydroxylation sites is 1. The minimum absolute atomic E-state index is 0.129. The molecule has 2 nitrogen and oxygen atoms in total. The normalized spacial score (nSPS) is 13.1. The summed E-state index contributed by atoms with van der Waals surface area (Å²) in [4.78, 5) is 2.41. The lowest BCUT2D eigenvalue weighted by molar-refractivity contribution is 0.660. The predicted octanol–water partition coefficient (Wildman–Crippen LogP) is 15.0. The van der Waals surface area contributed by atoms with Gasteiger partial charge < -0.3 is 9.32 Å². The molecule has 2 heteroatoms. The summed E-state index contributed by atoms with van der Waals surface area (Å²) in [6.45, 7) is 4.70. The van der Waals surface area contributed by atoms with Crippen LogP contribution in [0.5, 0.6) is 0 Å². The number of anilines is 3. The van der Waals surface area contributed by atoms with Gasteiger partial charge >= 0.3 is 0 Å². The molecular weight excluding hydrogens is 667 g/mol. The molecule has 1 heterocycles. The molecule has 0 radical (unpaired) electrons. The average Bonchev–Trinajstić information content (AvgIpc) is 3.71. The molecule has 9 aromatic carbocycles. The van der Waals surface area contributed by atoms with Crippen LogP contribution in [0.25, 0.3) is 76.9 Å². The Morgan fingerprint density at radius 3 is 1.96 bits per heavy atom. The smallest absolute Gasteiger partial charge is 0.143 e. The summed E-state index contributed by atoms with van der Waals surface area (Å²) in [6.07, 6.45) is 0. The molecule has 0 N–H and O–H groups in total. The van der Waals surface area contributed by atoms with Crippen LogP contribution in [0.4, 0.5) is 17.1 Å². The van der Waals surface area contributed by atoms with Crippen LogP contribution >= 0.6 is 0 Å². The summed E-state index contributed by atoms with van der Waals surface area (Å²) in [6, 6.07) is 68.3. The quantitative estimate of drug-likeness (QED) is 0.177. The average molecular weight is 704 g/mol. The molecular formula is C53H37NO. The first kappa shape index (κ1) is 31.6. The van der Waals surface area contributed by atoms with Gasteiger partial charge in [-0.15, -0.1) is 0 Å². The molecule has 1 aromatic heterocycles. The summed E-state index contributed by atoms with van der Waals surface area (Å²) in [5.74, 6) is 0. The fourth-order valence-corrected chi connectivity index (χ4v) is 9.12. The maximum Gasteiger partial charge on any atom is 0.143 e. The Balaban J connectivity index is 1.15. The first-order chi connectivity index (χ1) is 27.0. The van der Waals surface area contributed by atoms with Crippen LogP contribution in [0.3, 0.4) is 0 Å². The van der Waals surface area contributed by atoms with Gasteiger partial charge in [0, 0.05) is 44.8 Å². The van der Waals surface area contributed by atoms with Crippen LogP contribution in [-0.4, -0.2) is 0 Å². The second-order valence-electron chi connectivity index (χ2n) is 15.3. The molecule has 1 aliphatic rings. The van der Waals surface area contributed by atoms with E-state index in [-0.39, 0.29) is 5.41 Å². The Labute approximate surface area is 320 Å². The van der Waals surface area contributed by atoms with Crippen LogP contribution in [0.15, 0.2) is 192 Å². The van der Waals surface area contributed by atoms with Crippen LogP contribution < -0.4 is 4.90 Å². The van der Waals surface area contributed by atoms with E-state index in [4.69, 9.17) is 4.42 Å². The third kappa shape index (κ3) is 4.88. The third-order valence-corrected chi connectivity index (χ3v) is 11.8. The number of hydrogen-bond donors (Lipinski definition) is 0. The molecule has 0 spiro atoms. The van der Waals surface area contributed by atoms with E-state index in [0.717, 1.165) is 50.1 Å². The minimum Gasteiger partial charge on any atom is -0.455 e. The zero-order chi connectivity index (χ0) is 36.7. The van der Waals surface area contributed by atoms with Crippen molar-refractivity contribution in [3.63, 3.8) is 0 Å². The fraction of sp³-hybridized carbons (Fsp3) is 0.0566. The van der Waals surface area contributed by atoms with Crippen molar-refractivity contribution in [3.8, 4) is 33.4 Å². The van der Waals surface area contributed by atoms with Crippen LogP contribution in [0.2, 0.25) is 0 Å². The molecule has 10 aromatic rings. The van der Waals surface area contributed by atoms with Crippen molar-refractivity contribution in [2.24, 2.45) is 0 Å². The summed E-state index contributed by atoms with van der Waals surface area (Å²) in [7, 11) is 0. The number of fused-ring (bicyclic) bond motifs is 8. The van der Waals surface area contributed by atoms with E-state index in [1.54, 1.807) is 0 Å². The second kappa shape index (κ2) is 12.1. The van der Waals surface area contributed by atoms with Gasteiger partial charge in [-0.3, -0.25) is 0 Å². The van der Waals surface area contributed by atoms with Crippen molar-refractivity contribution in [3.05, 3.63) is 199 Å². The van der Waals surface area contributed by atoms with Gasteiger partial charge in [-0.1, -0.05) is 153 Å². The Kier molecular flexibility index (Phi) is 6.93. The standard InChI is InChI=1S/C53H37NO/c1-53(2)47-22-12-10-21-43(47)44-28-26-39(32-48(44)53)54(49-23-13-11-19-41(49)35-15-4-3-5-16-35)40-27-29-45-46-31-37-18-8-9-20-42(37)51(52(46)55-50(45)33-40)38-25-24-34-14-6-7-17-36(34)30-38/h3-33H,1-2H3. The molecule has 0 atom stereocenters. The summed E-state index contributed by atoms with van der Waals surface area (Å²) in [5.41, 5.74) is 14.9. The molecule has 260 valence electrons. The first-order valence-corrected chi connectivity index (χ1v) is 19.1. The zero-order valence-corrected chi connectivity index (χ0v) is 30.8. The highest BCUT2D eigenvalue weighted by molar-refractivity contribution is 6.19. The highest BCUT2D eigenvalue weighted by Gasteiger charge is 2.36. The molecule has 0 unspecified atom stereocenters. The van der Waals surface area contributed by atoms with Crippen molar-refractivity contribution < 1.29 is 4.42 Å². The molecule has 0 bridgehead atoms. The Morgan fingerprint density at radius 1 is 0.418 bits per heavy atom. The Morgan fingerprint density at radius 2 is 1.09 bits per heavy atom. The van der Waals surface area contributed by atoms with Gasteiger partial charge in [-0.05, 0) is 97.4 Å². The summed E-state index contributed by atoms with van der Waals surface area (Å²) < 4.78 is 7.06. The van der Waals surface area contributed by atoms with Crippen LogP contribution in [-0.2, 0) is 5.41 Å². The van der Waals surface area contributed by atoms with Gasteiger partial charge in [0.2, 0.25) is 0 Å². The van der Waals surface area contributed by atoms with Crippen LogP contribution in [0, 0.1) is 0 Å². The largest absolute Gasteiger partial charge is 0.455 e. The van der Waals surface area contributed by atoms with Crippen molar-refractivity contribution in [2.45, 2.75) is 19.3 Å². The summed E-state index contributed by atoms with van der Waals surface area (Å²) >= 11 is 0. The lowest BCUT2D eigenvalue weighted by Crippen LogP contribution is -2.16. The van der Waals surface area contributed by atoms with E-state index in [2.05, 4.69) is 207 Å². The fourth-order valence-electron chi connectivity index (χ4n) is 9.12. The second-order valence-corrected chi connectivity index (χ2v) is 15.3. The number of rotatable bonds is 5. The number of nitrogens with zero attached hydrogens (tertiary/aromatic N) is 1. The van der Waals surface area contributed by atoms with Gasteiger partial charge in [0.05, 0.1) is 5.69 Å². The molecule has 1 aliphatic carbocycles. The molecule has 0 aliphatic heterocycles. The van der Waals surface area contributed by atoms with Gasteiger partial charge in [0.15, 0.2) is 0 Å². The van der Waals surface area contributed by atoms with Crippen LogP contribution in [0.1, 0.15) is 25.0 Å². The lowest BCUT2D eigenvalue weighted by atomic mass is 9.82. The molecule has 0 fully saturated rings. The highest BCUT2D eigenvalue weighted by Crippen LogP contribution is 2.52. The Bertz CT molecular complexity index is 3130. The minimum atomic E-state index is -0.129. The molecule has 0 saturated carbocycles. The first-order valence-electron chi connectivity index (χ1n) is 19.1. The zero-order valence-electron chi connectivity index (χ0n) is 30.8. The van der Waals surface area contributed by atoms with Crippen molar-refractivity contribution in [1.29, 1.82) is 0 Å². The Hall–Kier alpha value is -6.90. The van der Waals surface area contributed by atoms with E-state index in [9.17, 15) is 0 Å². The third-order valence-electron chi connectivity index (χ3n) is 11.8. The number of hydrogen-bond acceptors (Lipinski definition) is 2. The SMILES string of the molecule is CC1(C)c2ccccc2-c2ccc(N(c3ccc4c(c3)oc3c(-c5ccc6ccccc6c5)c5ccccc5cc34)c3ccccc3-c3ccccc3)cc21. The van der Waals surface area contributed by atoms with E-state index >= 15 is 0 Å². The van der Waals surface area contributed by atoms with Gasteiger partial charge in [-0.25, -0.2) is 0 Å². The highest BCUT2D eigenvalue weighted by atomic mass is 16.3. The topological polar surface area (TPSA) is 16.4 Å². The number of furan rings is 1.